The number of pyridine rings is 1. The van der Waals surface area contributed by atoms with Gasteiger partial charge in [0.25, 0.3) is 11.9 Å². The summed E-state index contributed by atoms with van der Waals surface area (Å²) < 4.78 is 14.1. The first-order valence-electron chi connectivity index (χ1n) is 10.2. The van der Waals surface area contributed by atoms with Crippen molar-refractivity contribution in [1.29, 1.82) is 5.26 Å². The van der Waals surface area contributed by atoms with Crippen LogP contribution in [-0.2, 0) is 29.1 Å². The van der Waals surface area contributed by atoms with Crippen molar-refractivity contribution in [2.45, 2.75) is 45.6 Å². The topological polar surface area (TPSA) is 199 Å². The Hall–Kier alpha value is -3.91. The third-order valence-corrected chi connectivity index (χ3v) is 4.30. The number of nitriles is 1. The van der Waals surface area contributed by atoms with Gasteiger partial charge in [0.05, 0.1) is 17.6 Å². The molecule has 0 spiro atoms. The van der Waals surface area contributed by atoms with Gasteiger partial charge in [-0.3, -0.25) is 19.4 Å². The van der Waals surface area contributed by atoms with Gasteiger partial charge in [-0.25, -0.2) is 9.37 Å². The quantitative estimate of drug-likeness (QED) is 0.212. The van der Waals surface area contributed by atoms with Crippen LogP contribution < -0.4 is 15.5 Å². The van der Waals surface area contributed by atoms with Gasteiger partial charge in [0.1, 0.15) is 17.7 Å². The number of carboxylic acids is 2. The molecular formula is C23H23FN4O7Zn. The Morgan fingerprint density at radius 1 is 1.22 bits per heavy atom. The second kappa shape index (κ2) is 15.2. The van der Waals surface area contributed by atoms with E-state index in [4.69, 9.17) is 25.1 Å². The molecule has 1 aliphatic rings. The summed E-state index contributed by atoms with van der Waals surface area (Å²) in [7, 11) is 0. The van der Waals surface area contributed by atoms with Crippen LogP contribution in [0.2, 0.25) is 0 Å². The van der Waals surface area contributed by atoms with Gasteiger partial charge >= 0.3 is 19.5 Å². The molecule has 2 aromatic rings. The van der Waals surface area contributed by atoms with Gasteiger partial charge in [0, 0.05) is 37.9 Å². The Labute approximate surface area is 219 Å². The van der Waals surface area contributed by atoms with Crippen LogP contribution in [0.15, 0.2) is 35.5 Å². The van der Waals surface area contributed by atoms with Gasteiger partial charge in [0.15, 0.2) is 5.78 Å². The number of carboxylic acid groups (broad SMARTS) is 2. The van der Waals surface area contributed by atoms with Crippen molar-refractivity contribution in [2.75, 3.05) is 5.32 Å². The zero-order valence-electron chi connectivity index (χ0n) is 19.8. The fourth-order valence-corrected chi connectivity index (χ4v) is 2.79. The Balaban J connectivity index is 0.00000119. The van der Waals surface area contributed by atoms with Crippen LogP contribution in [0, 0.1) is 17.1 Å². The number of nitrogens with zero attached hydrogens (tertiary/aromatic N) is 3. The predicted octanol–water partition coefficient (Wildman–Crippen LogP) is 1.62. The number of aliphatic imine (C=N–C) groups is 1. The standard InChI is InChI=1S/C19H17FN4O3.2C2H4O2.Zn/c1-2-15(25)11-4-5-13(20)17(18(11)26)12-7-14(12)23-19(27)24-16-6-3-10(8-21)9-22-16;2*1-2(3)4;/h3-6,9,12,14,26H,2,7H2,1H3,(H2,22,23,24,27);2*1H3,(H,3,4);/q;;;+2/p-2/t12-,14+;;;/m1.../s1. The van der Waals surface area contributed by atoms with E-state index in [9.17, 15) is 19.4 Å². The van der Waals surface area contributed by atoms with Crippen LogP contribution in [-0.4, -0.2) is 45.0 Å². The van der Waals surface area contributed by atoms with Gasteiger partial charge in [0.2, 0.25) is 0 Å². The molecule has 13 heteroatoms. The fourth-order valence-electron chi connectivity index (χ4n) is 2.79. The molecule has 1 saturated carbocycles. The molecule has 1 aromatic heterocycles. The average molecular weight is 552 g/mol. The van der Waals surface area contributed by atoms with E-state index in [1.807, 2.05) is 6.07 Å². The van der Waals surface area contributed by atoms with E-state index in [0.29, 0.717) is 12.0 Å². The molecule has 36 heavy (non-hydrogen) atoms. The summed E-state index contributed by atoms with van der Waals surface area (Å²) in [5.74, 6) is -3.63. The molecule has 186 valence electrons. The van der Waals surface area contributed by atoms with Crippen LogP contribution in [0.5, 0.6) is 5.75 Å². The van der Waals surface area contributed by atoms with Crippen molar-refractivity contribution in [1.82, 2.24) is 4.98 Å². The van der Waals surface area contributed by atoms with Crippen LogP contribution in [0.25, 0.3) is 0 Å². The van der Waals surface area contributed by atoms with Gasteiger partial charge in [-0.05, 0) is 36.2 Å². The molecule has 1 aliphatic carbocycles. The summed E-state index contributed by atoms with van der Waals surface area (Å²) >= 11 is 0. The van der Waals surface area contributed by atoms with E-state index in [0.717, 1.165) is 19.9 Å². The maximum Gasteiger partial charge on any atom is 2.00 e. The van der Waals surface area contributed by atoms with Crippen LogP contribution in [0.4, 0.5) is 10.2 Å². The fraction of sp³-hybridized carbons (Fsp3) is 0.304. The van der Waals surface area contributed by atoms with Crippen molar-refractivity contribution in [2.24, 2.45) is 4.99 Å². The molecular weight excluding hydrogens is 529 g/mol. The molecule has 2 atom stereocenters. The van der Waals surface area contributed by atoms with E-state index in [-0.39, 0.29) is 48.6 Å². The summed E-state index contributed by atoms with van der Waals surface area (Å²) in [6.07, 6.45) is 1.81. The smallest absolute Gasteiger partial charge is 0.872 e. The number of hydrogen-bond donors (Lipinski definition) is 3. The summed E-state index contributed by atoms with van der Waals surface area (Å²) in [5, 5.41) is 50.4. The first-order valence-corrected chi connectivity index (χ1v) is 10.2. The van der Waals surface area contributed by atoms with Crippen molar-refractivity contribution in [3.8, 4) is 11.8 Å². The first kappa shape index (κ1) is 32.1. The van der Waals surface area contributed by atoms with Gasteiger partial charge in [-0.2, -0.15) is 5.26 Å². The molecule has 0 saturated heterocycles. The average Bonchev–Trinajstić information content (AvgIpc) is 3.51. The second-order valence-corrected chi connectivity index (χ2v) is 7.17. The molecule has 0 bridgehead atoms. The van der Waals surface area contributed by atoms with Crippen molar-refractivity contribution in [3.05, 3.63) is 53.0 Å². The van der Waals surface area contributed by atoms with Gasteiger partial charge in [-0.15, -0.1) is 0 Å². The van der Waals surface area contributed by atoms with Crippen molar-refractivity contribution in [3.63, 3.8) is 0 Å². The maximum atomic E-state index is 14.1. The third kappa shape index (κ3) is 10.6. The molecule has 0 radical (unpaired) electrons. The number of nitrogens with one attached hydrogen (secondary N) is 1. The monoisotopic (exact) mass is 550 g/mol. The van der Waals surface area contributed by atoms with E-state index in [1.54, 1.807) is 6.92 Å². The summed E-state index contributed by atoms with van der Waals surface area (Å²) in [5.41, 5.74) is 0.227. The summed E-state index contributed by atoms with van der Waals surface area (Å²) in [4.78, 5) is 37.6. The first-order chi connectivity index (χ1) is 16.4. The molecule has 0 unspecified atom stereocenters. The molecule has 1 heterocycles. The largest absolute Gasteiger partial charge is 2.00 e. The molecule has 0 aliphatic heterocycles. The Morgan fingerprint density at radius 3 is 2.28 bits per heavy atom. The number of aromatic nitrogens is 1. The maximum absolute atomic E-state index is 14.1. The number of carbonyl (C=O) groups is 3. The number of hydrogen-bond acceptors (Lipinski definition) is 8. The Morgan fingerprint density at radius 2 is 1.81 bits per heavy atom. The number of halogens is 1. The number of anilines is 1. The Kier molecular flexibility index (Phi) is 13.5. The minimum atomic E-state index is -0.833. The number of rotatable bonds is 5. The van der Waals surface area contributed by atoms with Gasteiger partial charge < -0.3 is 25.7 Å². The van der Waals surface area contributed by atoms with Crippen LogP contribution in [0.1, 0.15) is 61.0 Å². The minimum Gasteiger partial charge on any atom is -0.872 e. The van der Waals surface area contributed by atoms with E-state index in [1.165, 1.54) is 24.4 Å². The molecule has 3 N–H and O–H groups in total. The van der Waals surface area contributed by atoms with E-state index < -0.39 is 41.5 Å². The number of benzene rings is 1. The number of carbonyl (C=O) groups excluding carboxylic acids is 1. The van der Waals surface area contributed by atoms with Gasteiger partial charge in [-0.1, -0.05) is 12.7 Å². The second-order valence-electron chi connectivity index (χ2n) is 7.17. The van der Waals surface area contributed by atoms with E-state index >= 15 is 0 Å². The number of amidine groups is 1. The molecule has 1 aromatic carbocycles. The zero-order chi connectivity index (χ0) is 26.7. The number of aliphatic carboxylic acids is 2. The normalized spacial score (nSPS) is 15.4. The Bertz CT molecular complexity index is 1130. The molecule has 1 fully saturated rings. The number of ketones is 1. The van der Waals surface area contributed by atoms with E-state index in [2.05, 4.69) is 15.3 Å². The van der Waals surface area contributed by atoms with Crippen molar-refractivity contribution < 1.29 is 58.7 Å². The summed E-state index contributed by atoms with van der Waals surface area (Å²) in [6.45, 7) is 3.79. The SMILES string of the molecule is CC(=O)O.CC(=O)O.CCC(=O)c1ccc(F)c([C@@H]2C[C@@H]2N=C([O-])Nc2ccc(C#N)cn2)c1[O-].[Zn+2]. The van der Waals surface area contributed by atoms with Crippen molar-refractivity contribution >= 4 is 29.6 Å². The number of Topliss-reactive ketones (excluding diaryl/α,β-unsaturated/α-hetero) is 1. The predicted molar refractivity (Wildman–Crippen MR) is 118 cm³/mol. The summed E-state index contributed by atoms with van der Waals surface area (Å²) in [6, 6.07) is 5.98. The molecule has 0 amide bonds. The third-order valence-electron chi connectivity index (χ3n) is 4.30. The van der Waals surface area contributed by atoms with Crippen LogP contribution in [0.3, 0.4) is 0 Å². The van der Waals surface area contributed by atoms with Crippen LogP contribution >= 0.6 is 0 Å². The minimum absolute atomic E-state index is 0. The zero-order valence-corrected chi connectivity index (χ0v) is 22.8. The molecule has 11 nitrogen and oxygen atoms in total. The molecule has 3 rings (SSSR count).